The van der Waals surface area contributed by atoms with Crippen LogP contribution in [0, 0.1) is 5.92 Å². The Morgan fingerprint density at radius 2 is 2.09 bits per heavy atom. The number of benzene rings is 1. The van der Waals surface area contributed by atoms with Crippen molar-refractivity contribution in [3.63, 3.8) is 0 Å². The van der Waals surface area contributed by atoms with Crippen molar-refractivity contribution in [3.05, 3.63) is 23.8 Å². The third-order valence-corrected chi connectivity index (χ3v) is 4.15. The number of nitrogen functional groups attached to an aromatic ring is 1. The largest absolute Gasteiger partial charge is 0.493 e. The highest BCUT2D eigenvalue weighted by Gasteiger charge is 2.29. The lowest BCUT2D eigenvalue weighted by atomic mass is 9.94. The van der Waals surface area contributed by atoms with Crippen LogP contribution in [0.25, 0.3) is 0 Å². The molecule has 0 bridgehead atoms. The summed E-state index contributed by atoms with van der Waals surface area (Å²) in [7, 11) is 0. The van der Waals surface area contributed by atoms with Crippen molar-refractivity contribution in [2.24, 2.45) is 5.92 Å². The van der Waals surface area contributed by atoms with Gasteiger partial charge in [-0.3, -0.25) is 0 Å². The summed E-state index contributed by atoms with van der Waals surface area (Å²) >= 11 is 0. The van der Waals surface area contributed by atoms with Crippen LogP contribution >= 0.6 is 0 Å². The van der Waals surface area contributed by atoms with E-state index in [1.807, 2.05) is 0 Å². The Morgan fingerprint density at radius 1 is 1.43 bits per heavy atom. The summed E-state index contributed by atoms with van der Waals surface area (Å²) in [5, 5.41) is 8.90. The predicted molar refractivity (Wildman–Crippen MR) is 82.9 cm³/mol. The van der Waals surface area contributed by atoms with Gasteiger partial charge in [0.2, 0.25) is 0 Å². The molecule has 2 rings (SSSR count). The lowest BCUT2D eigenvalue weighted by Gasteiger charge is -2.30. The van der Waals surface area contributed by atoms with Gasteiger partial charge in [-0.2, -0.15) is 0 Å². The Labute approximate surface area is 134 Å². The SMILES string of the molecule is CC(F)(F)c1cc(N)ccc1OCCC1CCN(C(=O)O)CC1. The van der Waals surface area contributed by atoms with Gasteiger partial charge in [0.15, 0.2) is 0 Å². The van der Waals surface area contributed by atoms with E-state index in [2.05, 4.69) is 0 Å². The molecule has 1 aliphatic rings. The zero-order chi connectivity index (χ0) is 17.0. The van der Waals surface area contributed by atoms with Crippen LogP contribution < -0.4 is 10.5 Å². The number of alkyl halides is 2. The summed E-state index contributed by atoms with van der Waals surface area (Å²) in [6.45, 7) is 2.17. The molecule has 1 aliphatic heterocycles. The van der Waals surface area contributed by atoms with Crippen molar-refractivity contribution in [3.8, 4) is 5.75 Å². The van der Waals surface area contributed by atoms with Crippen LogP contribution in [0.4, 0.5) is 19.3 Å². The molecule has 1 heterocycles. The number of nitrogens with two attached hydrogens (primary N) is 1. The number of ether oxygens (including phenoxy) is 1. The summed E-state index contributed by atoms with van der Waals surface area (Å²) in [5.74, 6) is -2.52. The molecular weight excluding hydrogens is 306 g/mol. The number of likely N-dealkylation sites (tertiary alicyclic amines) is 1. The fourth-order valence-electron chi connectivity index (χ4n) is 2.76. The number of rotatable bonds is 5. The molecule has 23 heavy (non-hydrogen) atoms. The minimum absolute atomic E-state index is 0.148. The third-order valence-electron chi connectivity index (χ3n) is 4.15. The predicted octanol–water partition coefficient (Wildman–Crippen LogP) is 3.54. The minimum Gasteiger partial charge on any atom is -0.493 e. The smallest absolute Gasteiger partial charge is 0.407 e. The molecular formula is C16H22F2N2O3. The van der Waals surface area contributed by atoms with Gasteiger partial charge < -0.3 is 20.5 Å². The van der Waals surface area contributed by atoms with Crippen LogP contribution in [0.3, 0.4) is 0 Å². The minimum atomic E-state index is -3.02. The fraction of sp³-hybridized carbons (Fsp3) is 0.562. The van der Waals surface area contributed by atoms with E-state index in [1.54, 1.807) is 0 Å². The van der Waals surface area contributed by atoms with Gasteiger partial charge in [0.05, 0.1) is 12.2 Å². The molecule has 128 valence electrons. The molecule has 1 saturated heterocycles. The second-order valence-electron chi connectivity index (χ2n) is 5.99. The normalized spacial score (nSPS) is 16.4. The zero-order valence-electron chi connectivity index (χ0n) is 13.1. The van der Waals surface area contributed by atoms with Crippen LogP contribution in [-0.4, -0.2) is 35.8 Å². The summed E-state index contributed by atoms with van der Waals surface area (Å²) in [5.41, 5.74) is 5.63. The van der Waals surface area contributed by atoms with Crippen molar-refractivity contribution in [1.29, 1.82) is 0 Å². The number of nitrogens with zero attached hydrogens (tertiary/aromatic N) is 1. The first kappa shape index (κ1) is 17.3. The first-order chi connectivity index (χ1) is 10.8. The van der Waals surface area contributed by atoms with Gasteiger partial charge in [0.25, 0.3) is 5.92 Å². The van der Waals surface area contributed by atoms with Crippen molar-refractivity contribution in [2.75, 3.05) is 25.4 Å². The first-order valence-corrected chi connectivity index (χ1v) is 7.66. The van der Waals surface area contributed by atoms with E-state index in [0.717, 1.165) is 19.8 Å². The van der Waals surface area contributed by atoms with Crippen molar-refractivity contribution in [1.82, 2.24) is 4.90 Å². The highest BCUT2D eigenvalue weighted by molar-refractivity contribution is 5.64. The number of amides is 1. The van der Waals surface area contributed by atoms with Gasteiger partial charge in [0, 0.05) is 25.7 Å². The van der Waals surface area contributed by atoms with E-state index in [9.17, 15) is 13.6 Å². The number of halogens is 2. The average molecular weight is 328 g/mol. The Morgan fingerprint density at radius 3 is 2.65 bits per heavy atom. The Balaban J connectivity index is 1.87. The molecule has 1 aromatic rings. The Hall–Kier alpha value is -2.05. The molecule has 0 radical (unpaired) electrons. The molecule has 1 aromatic carbocycles. The zero-order valence-corrected chi connectivity index (χ0v) is 13.1. The molecule has 0 aromatic heterocycles. The Bertz CT molecular complexity index is 553. The van der Waals surface area contributed by atoms with Gasteiger partial charge in [-0.15, -0.1) is 0 Å². The van der Waals surface area contributed by atoms with E-state index in [4.69, 9.17) is 15.6 Å². The maximum Gasteiger partial charge on any atom is 0.407 e. The monoisotopic (exact) mass is 328 g/mol. The van der Waals surface area contributed by atoms with Crippen LogP contribution in [0.5, 0.6) is 5.75 Å². The number of carboxylic acid groups (broad SMARTS) is 1. The molecule has 1 amide bonds. The van der Waals surface area contributed by atoms with E-state index >= 15 is 0 Å². The topological polar surface area (TPSA) is 75.8 Å². The van der Waals surface area contributed by atoms with Gasteiger partial charge in [-0.25, -0.2) is 13.6 Å². The van der Waals surface area contributed by atoms with E-state index < -0.39 is 12.0 Å². The number of hydrogen-bond acceptors (Lipinski definition) is 3. The van der Waals surface area contributed by atoms with E-state index in [0.29, 0.717) is 32.0 Å². The molecule has 5 nitrogen and oxygen atoms in total. The van der Waals surface area contributed by atoms with Gasteiger partial charge >= 0.3 is 6.09 Å². The molecule has 1 fully saturated rings. The van der Waals surface area contributed by atoms with Crippen molar-refractivity contribution in [2.45, 2.75) is 32.1 Å². The van der Waals surface area contributed by atoms with Crippen LogP contribution in [-0.2, 0) is 5.92 Å². The van der Waals surface area contributed by atoms with Crippen LogP contribution in [0.1, 0.15) is 31.7 Å². The standard InChI is InChI=1S/C16H22F2N2O3/c1-16(17,18)13-10-12(19)2-3-14(13)23-9-6-11-4-7-20(8-5-11)15(21)22/h2-3,10-11H,4-9,19H2,1H3,(H,21,22). The quantitative estimate of drug-likeness (QED) is 0.811. The second-order valence-corrected chi connectivity index (χ2v) is 5.99. The first-order valence-electron chi connectivity index (χ1n) is 7.66. The van der Waals surface area contributed by atoms with Crippen LogP contribution in [0.2, 0.25) is 0 Å². The van der Waals surface area contributed by atoms with Crippen molar-refractivity contribution >= 4 is 11.8 Å². The summed E-state index contributed by atoms with van der Waals surface area (Å²) < 4.78 is 32.7. The van der Waals surface area contributed by atoms with E-state index in [1.165, 1.54) is 23.1 Å². The summed E-state index contributed by atoms with van der Waals surface area (Å²) in [4.78, 5) is 12.2. The molecule has 7 heteroatoms. The van der Waals surface area contributed by atoms with Crippen molar-refractivity contribution < 1.29 is 23.4 Å². The number of anilines is 1. The van der Waals surface area contributed by atoms with Gasteiger partial charge in [-0.1, -0.05) is 0 Å². The van der Waals surface area contributed by atoms with E-state index in [-0.39, 0.29) is 17.0 Å². The summed E-state index contributed by atoms with van der Waals surface area (Å²) in [6, 6.07) is 4.24. The highest BCUT2D eigenvalue weighted by atomic mass is 19.3. The number of hydrogen-bond donors (Lipinski definition) is 2. The average Bonchev–Trinajstić information content (AvgIpc) is 2.48. The molecule has 0 spiro atoms. The second kappa shape index (κ2) is 7.02. The molecule has 0 atom stereocenters. The maximum absolute atomic E-state index is 13.6. The fourth-order valence-corrected chi connectivity index (χ4v) is 2.76. The van der Waals surface area contributed by atoms with Gasteiger partial charge in [0.1, 0.15) is 5.75 Å². The molecule has 3 N–H and O–H groups in total. The van der Waals surface area contributed by atoms with Gasteiger partial charge in [-0.05, 0) is 43.4 Å². The number of piperidine rings is 1. The molecule has 0 aliphatic carbocycles. The lowest BCUT2D eigenvalue weighted by molar-refractivity contribution is 0.0143. The maximum atomic E-state index is 13.6. The summed E-state index contributed by atoms with van der Waals surface area (Å²) in [6.07, 6.45) is 1.37. The third kappa shape index (κ3) is 4.71. The molecule has 0 unspecified atom stereocenters. The number of carbonyl (C=O) groups is 1. The Kier molecular flexibility index (Phi) is 5.28. The lowest BCUT2D eigenvalue weighted by Crippen LogP contribution is -2.37. The molecule has 0 saturated carbocycles. The highest BCUT2D eigenvalue weighted by Crippen LogP contribution is 2.36. The van der Waals surface area contributed by atoms with Crippen LogP contribution in [0.15, 0.2) is 18.2 Å².